The number of para-hydroxylation sites is 1. The van der Waals surface area contributed by atoms with E-state index in [1.165, 1.54) is 13.5 Å². The number of pyridine rings is 2. The monoisotopic (exact) mass is 576 g/mol. The third-order valence-electron chi connectivity index (χ3n) is 10.0. The zero-order valence-electron chi connectivity index (χ0n) is 24.3. The molecule has 5 atom stereocenters. The van der Waals surface area contributed by atoms with Gasteiger partial charge in [0.15, 0.2) is 5.43 Å². The van der Waals surface area contributed by atoms with Crippen molar-refractivity contribution in [2.45, 2.75) is 56.5 Å². The molecule has 220 valence electrons. The lowest BCUT2D eigenvalue weighted by molar-refractivity contribution is 0.0589. The molecule has 3 aliphatic carbocycles. The molecule has 3 bridgehead atoms. The normalized spacial score (nSPS) is 25.8. The van der Waals surface area contributed by atoms with Gasteiger partial charge in [-0.1, -0.05) is 30.3 Å². The summed E-state index contributed by atoms with van der Waals surface area (Å²) in [5.74, 6) is 1.11. The first-order valence-electron chi connectivity index (χ1n) is 15.2. The average Bonchev–Trinajstić information content (AvgIpc) is 3.30. The van der Waals surface area contributed by atoms with Crippen molar-refractivity contribution in [2.75, 3.05) is 7.11 Å². The molecule has 0 spiro atoms. The summed E-state index contributed by atoms with van der Waals surface area (Å²) in [6, 6.07) is 20.2. The Labute approximate surface area is 250 Å². The van der Waals surface area contributed by atoms with Crippen LogP contribution in [0.4, 0.5) is 0 Å². The van der Waals surface area contributed by atoms with E-state index in [0.717, 1.165) is 37.7 Å². The standard InChI is InChI=1S/C35H36N4O4/c1-43-34(42)30-28(31(40)26-8-5-15-37-32(26)39(30)25-6-3-2-4-7-25)17-21-9-11-23(12-10-21)33(41)38-29-13-14-35(36)19-22-16-24(20-35)27(29)18-22/h2-12,15,22,24,27,29H,13-14,16-20,36H2,1H3,(H,38,41)/t22-,24-,27+,29-,35+/m1/s1. The van der Waals surface area contributed by atoms with Crippen molar-refractivity contribution in [1.29, 1.82) is 0 Å². The number of nitrogens with one attached hydrogen (secondary N) is 1. The molecule has 0 radical (unpaired) electrons. The van der Waals surface area contributed by atoms with E-state index in [1.807, 2.05) is 42.5 Å². The Balaban J connectivity index is 1.19. The molecule has 2 aromatic carbocycles. The fourth-order valence-corrected chi connectivity index (χ4v) is 8.19. The summed E-state index contributed by atoms with van der Waals surface area (Å²) in [5, 5.41) is 3.76. The molecule has 2 aromatic heterocycles. The van der Waals surface area contributed by atoms with Crippen LogP contribution in [0.15, 0.2) is 77.7 Å². The second kappa shape index (κ2) is 10.8. The number of hydrogen-bond acceptors (Lipinski definition) is 6. The van der Waals surface area contributed by atoms with Crippen molar-refractivity contribution in [1.82, 2.24) is 14.9 Å². The van der Waals surface area contributed by atoms with Crippen LogP contribution in [0.1, 0.15) is 70.5 Å². The Morgan fingerprint density at radius 1 is 1.05 bits per heavy atom. The first-order valence-corrected chi connectivity index (χ1v) is 15.2. The highest BCUT2D eigenvalue weighted by molar-refractivity contribution is 5.95. The SMILES string of the molecule is COC(=O)c1c(Cc2ccc(C(=O)N[C@@H]3CC[C@]4(N)C[C@@H]5C[C@H](C4)[C@@H]3C5)cc2)c(=O)c2cccnc2n1-c1ccccc1. The van der Waals surface area contributed by atoms with Crippen LogP contribution in [0.25, 0.3) is 16.7 Å². The van der Waals surface area contributed by atoms with Crippen LogP contribution in [-0.4, -0.2) is 40.1 Å². The third kappa shape index (κ3) is 4.93. The molecule has 8 nitrogen and oxygen atoms in total. The number of nitrogens with zero attached hydrogens (tertiary/aromatic N) is 2. The summed E-state index contributed by atoms with van der Waals surface area (Å²) in [4.78, 5) is 44.8. The smallest absolute Gasteiger partial charge is 0.355 e. The summed E-state index contributed by atoms with van der Waals surface area (Å²) >= 11 is 0. The van der Waals surface area contributed by atoms with E-state index < -0.39 is 5.97 Å². The highest BCUT2D eigenvalue weighted by atomic mass is 16.5. The molecule has 8 heteroatoms. The minimum absolute atomic E-state index is 0.0651. The van der Waals surface area contributed by atoms with E-state index in [0.29, 0.717) is 45.6 Å². The van der Waals surface area contributed by atoms with Gasteiger partial charge in [-0.25, -0.2) is 9.78 Å². The van der Waals surface area contributed by atoms with Crippen molar-refractivity contribution in [3.8, 4) is 5.69 Å². The molecule has 3 fully saturated rings. The molecule has 0 saturated heterocycles. The molecule has 2 heterocycles. The summed E-state index contributed by atoms with van der Waals surface area (Å²) in [6.07, 6.45) is 8.30. The fraction of sp³-hybridized carbons (Fsp3) is 0.371. The number of fused-ring (bicyclic) bond motifs is 3. The minimum Gasteiger partial charge on any atom is -0.464 e. The molecular weight excluding hydrogens is 540 g/mol. The van der Waals surface area contributed by atoms with Gasteiger partial charge in [0.25, 0.3) is 5.91 Å². The summed E-state index contributed by atoms with van der Waals surface area (Å²) < 4.78 is 6.86. The predicted molar refractivity (Wildman–Crippen MR) is 164 cm³/mol. The van der Waals surface area contributed by atoms with Crippen molar-refractivity contribution in [2.24, 2.45) is 23.5 Å². The van der Waals surface area contributed by atoms with Gasteiger partial charge < -0.3 is 15.8 Å². The number of esters is 1. The van der Waals surface area contributed by atoms with Crippen molar-refractivity contribution in [3.05, 3.63) is 106 Å². The van der Waals surface area contributed by atoms with E-state index in [1.54, 1.807) is 35.0 Å². The highest BCUT2D eigenvalue weighted by Gasteiger charge is 2.51. The van der Waals surface area contributed by atoms with E-state index in [-0.39, 0.29) is 35.0 Å². The van der Waals surface area contributed by atoms with E-state index in [9.17, 15) is 14.4 Å². The van der Waals surface area contributed by atoms with Gasteiger partial charge in [-0.2, -0.15) is 0 Å². The minimum atomic E-state index is -0.620. The lowest BCUT2D eigenvalue weighted by Gasteiger charge is -2.36. The first-order chi connectivity index (χ1) is 20.8. The van der Waals surface area contributed by atoms with Gasteiger partial charge >= 0.3 is 5.97 Å². The number of amides is 1. The molecule has 4 aromatic rings. The van der Waals surface area contributed by atoms with Gasteiger partial charge in [0.2, 0.25) is 0 Å². The van der Waals surface area contributed by atoms with Crippen LogP contribution >= 0.6 is 0 Å². The lowest BCUT2D eigenvalue weighted by atomic mass is 9.74. The van der Waals surface area contributed by atoms with Gasteiger partial charge in [-0.15, -0.1) is 0 Å². The van der Waals surface area contributed by atoms with Crippen LogP contribution in [0.2, 0.25) is 0 Å². The molecule has 0 unspecified atom stereocenters. The maximum Gasteiger partial charge on any atom is 0.355 e. The maximum absolute atomic E-state index is 13.8. The molecule has 0 aliphatic heterocycles. The first kappa shape index (κ1) is 27.5. The fourth-order valence-electron chi connectivity index (χ4n) is 8.19. The van der Waals surface area contributed by atoms with E-state index in [2.05, 4.69) is 10.3 Å². The summed E-state index contributed by atoms with van der Waals surface area (Å²) in [7, 11) is 1.31. The van der Waals surface area contributed by atoms with Crippen LogP contribution < -0.4 is 16.5 Å². The number of nitrogens with two attached hydrogens (primary N) is 1. The maximum atomic E-state index is 13.8. The lowest BCUT2D eigenvalue weighted by Crippen LogP contribution is -2.45. The van der Waals surface area contributed by atoms with Gasteiger partial charge in [0.1, 0.15) is 11.3 Å². The molecule has 43 heavy (non-hydrogen) atoms. The molecular formula is C35H36N4O4. The molecule has 3 saturated carbocycles. The Morgan fingerprint density at radius 3 is 2.60 bits per heavy atom. The molecule has 7 rings (SSSR count). The zero-order valence-corrected chi connectivity index (χ0v) is 24.3. The second-order valence-corrected chi connectivity index (χ2v) is 12.7. The van der Waals surface area contributed by atoms with Gasteiger partial charge in [-0.05, 0) is 98.2 Å². The number of methoxy groups -OCH3 is 1. The Kier molecular flexibility index (Phi) is 6.89. The topological polar surface area (TPSA) is 116 Å². The van der Waals surface area contributed by atoms with Crippen molar-refractivity contribution < 1.29 is 14.3 Å². The number of carbonyl (C=O) groups excluding carboxylic acids is 2. The number of benzene rings is 2. The molecule has 3 aliphatic rings. The Morgan fingerprint density at radius 2 is 1.84 bits per heavy atom. The van der Waals surface area contributed by atoms with Crippen LogP contribution in [0.5, 0.6) is 0 Å². The number of carbonyl (C=O) groups is 2. The zero-order chi connectivity index (χ0) is 29.7. The predicted octanol–water partition coefficient (Wildman–Crippen LogP) is 4.79. The Bertz CT molecular complexity index is 1770. The van der Waals surface area contributed by atoms with Crippen LogP contribution in [-0.2, 0) is 11.2 Å². The van der Waals surface area contributed by atoms with Gasteiger partial charge in [0, 0.05) is 41.0 Å². The quantitative estimate of drug-likeness (QED) is 0.319. The van der Waals surface area contributed by atoms with Crippen molar-refractivity contribution in [3.63, 3.8) is 0 Å². The second-order valence-electron chi connectivity index (χ2n) is 12.7. The molecule has 3 N–H and O–H groups in total. The van der Waals surface area contributed by atoms with Gasteiger partial charge in [-0.3, -0.25) is 14.2 Å². The number of rotatable bonds is 6. The highest BCUT2D eigenvalue weighted by Crippen LogP contribution is 2.54. The summed E-state index contributed by atoms with van der Waals surface area (Å²) in [5.41, 5.74) is 9.33. The van der Waals surface area contributed by atoms with Gasteiger partial charge in [0.05, 0.1) is 12.5 Å². The number of hydrogen-bond donors (Lipinski definition) is 2. The largest absolute Gasteiger partial charge is 0.464 e. The van der Waals surface area contributed by atoms with Crippen LogP contribution in [0, 0.1) is 17.8 Å². The van der Waals surface area contributed by atoms with Crippen molar-refractivity contribution >= 4 is 22.9 Å². The van der Waals surface area contributed by atoms with E-state index in [4.69, 9.17) is 10.5 Å². The average molecular weight is 577 g/mol. The van der Waals surface area contributed by atoms with E-state index >= 15 is 0 Å². The molecule has 1 amide bonds. The van der Waals surface area contributed by atoms with Crippen LogP contribution in [0.3, 0.4) is 0 Å². The summed E-state index contributed by atoms with van der Waals surface area (Å²) in [6.45, 7) is 0. The Hall–Kier alpha value is -4.30. The number of ether oxygens (including phenoxy) is 1. The third-order valence-corrected chi connectivity index (χ3v) is 10.0. The number of aromatic nitrogens is 2.